The molecular weight excluding hydrogens is 951 g/mol. The van der Waals surface area contributed by atoms with Crippen molar-refractivity contribution >= 4 is 122 Å². The summed E-state index contributed by atoms with van der Waals surface area (Å²) in [5.41, 5.74) is 11.7. The second kappa shape index (κ2) is 23.6. The Labute approximate surface area is 415 Å². The number of ether oxygens (including phenoxy) is 1. The Bertz CT molecular complexity index is 3390. The number of amides is 1. The van der Waals surface area contributed by atoms with Gasteiger partial charge in [-0.15, -0.1) is 17.4 Å². The van der Waals surface area contributed by atoms with E-state index in [2.05, 4.69) is 68.5 Å². The second-order valence-electron chi connectivity index (χ2n) is 15.9. The maximum atomic E-state index is 12.9. The molecule has 1 amide bonds. The number of benzene rings is 2. The molecule has 0 radical (unpaired) electrons. The van der Waals surface area contributed by atoms with E-state index in [1.54, 1.807) is 93.0 Å². The van der Waals surface area contributed by atoms with Gasteiger partial charge in [-0.3, -0.25) is 34.6 Å². The van der Waals surface area contributed by atoms with Gasteiger partial charge in [0, 0.05) is 90.1 Å². The summed E-state index contributed by atoms with van der Waals surface area (Å²) in [6, 6.07) is 18.0. The number of anilines is 4. The molecule has 70 heavy (non-hydrogen) atoms. The Morgan fingerprint density at radius 3 is 1.86 bits per heavy atom. The molecule has 0 fully saturated rings. The van der Waals surface area contributed by atoms with Crippen molar-refractivity contribution in [1.29, 1.82) is 0 Å². The molecule has 0 unspecified atom stereocenters. The van der Waals surface area contributed by atoms with Gasteiger partial charge in [-0.2, -0.15) is 14.9 Å². The van der Waals surface area contributed by atoms with E-state index < -0.39 is 5.97 Å². The van der Waals surface area contributed by atoms with Gasteiger partial charge in [0.15, 0.2) is 11.2 Å². The lowest BCUT2D eigenvalue weighted by Gasteiger charge is -2.09. The smallest absolute Gasteiger partial charge is 0.376 e. The first-order valence-corrected chi connectivity index (χ1v) is 26.1. The number of nitrogens with two attached hydrogens (primary N) is 1. The molecule has 0 aliphatic carbocycles. The van der Waals surface area contributed by atoms with Gasteiger partial charge < -0.3 is 35.3 Å². The summed E-state index contributed by atoms with van der Waals surface area (Å²) in [7, 11) is 0. The SMILES string of the molecule is CCOC(=O)c1oc2cnccc2c1Nc1ccc(Cl)c2c1cnn2C(C)=O.NCc1cccnc1.O=C(NCc1cccnc1)c1oc2cnccc2c1Nc1ccc(Cl)c2[nH]ncc12.[CH3][Al]([CH3])[CH3]. The fourth-order valence-electron chi connectivity index (χ4n) is 6.76. The van der Waals surface area contributed by atoms with Crippen molar-refractivity contribution in [1.82, 2.24) is 45.2 Å². The molecule has 21 heteroatoms. The average Bonchev–Trinajstić information content (AvgIpc) is 4.19. The number of aromatic nitrogens is 8. The van der Waals surface area contributed by atoms with Crippen LogP contribution in [-0.4, -0.2) is 78.5 Å². The van der Waals surface area contributed by atoms with Gasteiger partial charge in [-0.25, -0.2) is 4.79 Å². The Hall–Kier alpha value is -7.66. The molecule has 2 aromatic carbocycles. The van der Waals surface area contributed by atoms with E-state index in [9.17, 15) is 14.4 Å². The van der Waals surface area contributed by atoms with Crippen LogP contribution in [0.25, 0.3) is 43.7 Å². The van der Waals surface area contributed by atoms with Crippen molar-refractivity contribution in [2.75, 3.05) is 17.2 Å². The number of hydrogen-bond donors (Lipinski definition) is 5. The first kappa shape index (κ1) is 50.2. The first-order valence-electron chi connectivity index (χ1n) is 21.9. The number of halogens is 2. The van der Waals surface area contributed by atoms with Crippen LogP contribution in [0.15, 0.2) is 131 Å². The van der Waals surface area contributed by atoms with E-state index in [0.29, 0.717) is 73.2 Å². The summed E-state index contributed by atoms with van der Waals surface area (Å²) in [5, 5.41) is 24.2. The van der Waals surface area contributed by atoms with Crippen molar-refractivity contribution in [2.24, 2.45) is 5.73 Å². The van der Waals surface area contributed by atoms with Crippen molar-refractivity contribution in [2.45, 2.75) is 44.3 Å². The van der Waals surface area contributed by atoms with Crippen LogP contribution in [0.4, 0.5) is 22.7 Å². The number of H-pyrrole nitrogens is 1. The van der Waals surface area contributed by atoms with E-state index in [4.69, 9.17) is 42.5 Å². The van der Waals surface area contributed by atoms with Gasteiger partial charge in [0.1, 0.15) is 5.69 Å². The molecule has 0 saturated heterocycles. The third-order valence-electron chi connectivity index (χ3n) is 9.85. The summed E-state index contributed by atoms with van der Waals surface area (Å²) < 4.78 is 17.8. The van der Waals surface area contributed by atoms with Crippen molar-refractivity contribution < 1.29 is 28.0 Å². The van der Waals surface area contributed by atoms with Crippen LogP contribution in [0.2, 0.25) is 27.4 Å². The highest BCUT2D eigenvalue weighted by Crippen LogP contribution is 2.38. The molecule has 10 aromatic rings. The topological polar surface area (TPSA) is 247 Å². The summed E-state index contributed by atoms with van der Waals surface area (Å²) in [4.78, 5) is 53.2. The summed E-state index contributed by atoms with van der Waals surface area (Å²) in [6.07, 6.45) is 16.4. The van der Waals surface area contributed by atoms with Crippen molar-refractivity contribution in [3.8, 4) is 0 Å². The number of nitrogens with zero attached hydrogens (tertiary/aromatic N) is 7. The minimum absolute atomic E-state index is 0.0342. The molecule has 8 aromatic heterocycles. The van der Waals surface area contributed by atoms with E-state index in [-0.39, 0.29) is 44.1 Å². The number of furan rings is 2. The van der Waals surface area contributed by atoms with Crippen molar-refractivity contribution in [3.63, 3.8) is 0 Å². The highest BCUT2D eigenvalue weighted by atomic mass is 35.5. The number of carbonyl (C=O) groups excluding carboxylic acids is 3. The van der Waals surface area contributed by atoms with Crippen LogP contribution in [0, 0.1) is 0 Å². The van der Waals surface area contributed by atoms with Gasteiger partial charge >= 0.3 is 5.97 Å². The maximum Gasteiger partial charge on any atom is 0.376 e. The molecule has 10 rings (SSSR count). The van der Waals surface area contributed by atoms with Crippen LogP contribution < -0.4 is 21.7 Å². The van der Waals surface area contributed by atoms with Crippen LogP contribution in [-0.2, 0) is 17.8 Å². The van der Waals surface area contributed by atoms with Gasteiger partial charge in [0.05, 0.1) is 58.2 Å². The highest BCUT2D eigenvalue weighted by Gasteiger charge is 2.25. The average molecular weight is 998 g/mol. The summed E-state index contributed by atoms with van der Waals surface area (Å²) in [6.45, 7) is 4.23. The number of carbonyl (C=O) groups is 3. The minimum atomic E-state index is -0.592. The minimum Gasteiger partial charge on any atom is -0.460 e. The molecule has 0 spiro atoms. The van der Waals surface area contributed by atoms with Crippen LogP contribution in [0.1, 0.15) is 50.9 Å². The normalized spacial score (nSPS) is 10.6. The summed E-state index contributed by atoms with van der Waals surface area (Å²) >= 11 is 12.4. The standard InChI is InChI=1S/C21H15ClN6O2.C19H15ClN4O4.C6H8N2.3CH3.Al/c22-15-3-4-16(14-10-26-28-18(14)15)27-19-13-5-7-24-11-17(13)30-20(19)21(29)25-9-12-2-1-6-23-8-12;1-3-27-19(26)18-16(11-6-7-21-9-15(11)28-18)23-14-5-4-13(20)17-12(14)8-22-24(17)10(2)25;7-4-6-2-1-3-8-5-6;;;;/h1-8,10-11,27H,9H2,(H,25,29)(H,26,28);4-9,23H,3H2,1-2H3;1-3,5H,4,7H2;3*1H3;. The maximum absolute atomic E-state index is 12.9. The number of hydrogen-bond acceptors (Lipinski definition) is 15. The Morgan fingerprint density at radius 2 is 1.29 bits per heavy atom. The first-order chi connectivity index (χ1) is 33.9. The van der Waals surface area contributed by atoms with Gasteiger partial charge in [0.25, 0.3) is 20.1 Å². The number of rotatable bonds is 10. The molecule has 0 bridgehead atoms. The fourth-order valence-corrected chi connectivity index (χ4v) is 7.22. The van der Waals surface area contributed by atoms with Crippen LogP contribution in [0.3, 0.4) is 0 Å². The third kappa shape index (κ3) is 12.0. The third-order valence-corrected chi connectivity index (χ3v) is 10.5. The zero-order valence-electron chi connectivity index (χ0n) is 38.7. The Morgan fingerprint density at radius 1 is 0.714 bits per heavy atom. The van der Waals surface area contributed by atoms with Crippen LogP contribution in [0.5, 0.6) is 0 Å². The number of nitrogens with one attached hydrogen (secondary N) is 4. The molecular formula is C49H47AlCl2N12O6. The second-order valence-corrected chi connectivity index (χ2v) is 20.1. The Balaban J connectivity index is 0.000000167. The van der Waals surface area contributed by atoms with Gasteiger partial charge in [-0.05, 0) is 66.6 Å². The number of aromatic amines is 1. The molecule has 0 aliphatic heterocycles. The lowest BCUT2D eigenvalue weighted by molar-refractivity contribution is 0.0494. The molecule has 18 nitrogen and oxygen atoms in total. The molecule has 8 heterocycles. The molecule has 356 valence electrons. The molecule has 6 N–H and O–H groups in total. The monoisotopic (exact) mass is 996 g/mol. The number of fused-ring (bicyclic) bond motifs is 4. The molecule has 0 aliphatic rings. The zero-order chi connectivity index (χ0) is 49.7. The predicted molar refractivity (Wildman–Crippen MR) is 274 cm³/mol. The quantitative estimate of drug-likeness (QED) is 0.0631. The van der Waals surface area contributed by atoms with E-state index in [1.165, 1.54) is 17.8 Å². The van der Waals surface area contributed by atoms with E-state index in [1.807, 2.05) is 30.3 Å². The van der Waals surface area contributed by atoms with E-state index in [0.717, 1.165) is 27.6 Å². The number of pyridine rings is 4. The lowest BCUT2D eigenvalue weighted by Crippen LogP contribution is -2.23. The van der Waals surface area contributed by atoms with Gasteiger partial charge in [-0.1, -0.05) is 35.3 Å². The molecule has 0 atom stereocenters. The summed E-state index contributed by atoms with van der Waals surface area (Å²) in [5.74, 6) is 5.90. The Kier molecular flexibility index (Phi) is 16.9. The predicted octanol–water partition coefficient (Wildman–Crippen LogP) is 10.7. The zero-order valence-corrected chi connectivity index (χ0v) is 41.3. The molecule has 0 saturated carbocycles. The largest absolute Gasteiger partial charge is 0.460 e. The van der Waals surface area contributed by atoms with Crippen LogP contribution >= 0.6 is 23.2 Å². The van der Waals surface area contributed by atoms with Crippen molar-refractivity contribution in [3.05, 3.63) is 155 Å². The number of esters is 1. The van der Waals surface area contributed by atoms with E-state index >= 15 is 0 Å². The highest BCUT2D eigenvalue weighted by molar-refractivity contribution is 6.54. The fraction of sp³-hybridized carbons (Fsp3) is 0.163. The van der Waals surface area contributed by atoms with Gasteiger partial charge in [0.2, 0.25) is 17.4 Å². The lowest BCUT2D eigenvalue weighted by atomic mass is 10.2.